The van der Waals surface area contributed by atoms with Gasteiger partial charge in [-0.1, -0.05) is 91.6 Å². The number of benzene rings is 6. The summed E-state index contributed by atoms with van der Waals surface area (Å²) >= 11 is 1.71. The van der Waals surface area contributed by atoms with Crippen molar-refractivity contribution in [1.29, 1.82) is 21.0 Å². The molecule has 5 nitrogen and oxygen atoms in total. The van der Waals surface area contributed by atoms with Crippen LogP contribution in [-0.2, 0) is 0 Å². The Kier molecular flexibility index (Phi) is 8.62. The lowest BCUT2D eigenvalue weighted by Gasteiger charge is -2.15. The number of nitrogens with zero attached hydrogens (tertiary/aromatic N) is 5. The third-order valence-corrected chi connectivity index (χ3v) is 12.2. The molecule has 0 unspecified atom stereocenters. The van der Waals surface area contributed by atoms with Crippen molar-refractivity contribution in [2.75, 3.05) is 0 Å². The lowest BCUT2D eigenvalue weighted by Crippen LogP contribution is -2.37. The first-order chi connectivity index (χ1) is 24.7. The van der Waals surface area contributed by atoms with Crippen LogP contribution in [0.5, 0.6) is 0 Å². The van der Waals surface area contributed by atoms with Crippen LogP contribution < -0.4 is 5.19 Å². The van der Waals surface area contributed by atoms with Crippen molar-refractivity contribution >= 4 is 34.8 Å². The number of rotatable bonds is 6. The molecule has 0 aliphatic carbocycles. The Labute approximate surface area is 302 Å². The highest BCUT2D eigenvalue weighted by Gasteiger charge is 2.18. The van der Waals surface area contributed by atoms with E-state index in [9.17, 15) is 21.0 Å². The molecule has 0 atom stereocenters. The summed E-state index contributed by atoms with van der Waals surface area (Å²) in [5.41, 5.74) is 11.3. The monoisotopic (exact) mass is 687 g/mol. The van der Waals surface area contributed by atoms with E-state index >= 15 is 0 Å². The van der Waals surface area contributed by atoms with Crippen molar-refractivity contribution < 1.29 is 0 Å². The van der Waals surface area contributed by atoms with Gasteiger partial charge in [0.05, 0.1) is 40.5 Å². The molecule has 51 heavy (non-hydrogen) atoms. The molecule has 0 amide bonds. The standard InChI is InChI=1S/C44H29N5SSi/c1-51(2,3)41-16-17-42-43(23-41)50-44(49-42)38-21-36(30-8-4-28(5-9-30)32-12-14-34(24-45)39(18-32)26-47)20-37(22-38)31-10-6-29(7-11-31)33-13-15-35(25-46)40(19-33)27-48/h4-23H,1-3H3. The molecule has 0 radical (unpaired) electrons. The minimum Gasteiger partial charge on any atom is -0.236 e. The molecule has 0 spiro atoms. The van der Waals surface area contributed by atoms with E-state index in [0.29, 0.717) is 22.3 Å². The predicted molar refractivity (Wildman–Crippen MR) is 209 cm³/mol. The van der Waals surface area contributed by atoms with Crippen molar-refractivity contribution in [3.8, 4) is 79.4 Å². The van der Waals surface area contributed by atoms with Crippen molar-refractivity contribution in [2.24, 2.45) is 0 Å². The van der Waals surface area contributed by atoms with Crippen LogP contribution in [0.25, 0.3) is 65.3 Å². The van der Waals surface area contributed by atoms with Gasteiger partial charge in [0.2, 0.25) is 0 Å². The summed E-state index contributed by atoms with van der Waals surface area (Å²) in [6.07, 6.45) is 0. The van der Waals surface area contributed by atoms with Crippen molar-refractivity contribution in [3.05, 3.63) is 144 Å². The van der Waals surface area contributed by atoms with Crippen molar-refractivity contribution in [2.45, 2.75) is 19.6 Å². The number of hydrogen-bond acceptors (Lipinski definition) is 6. The van der Waals surface area contributed by atoms with Crippen molar-refractivity contribution in [3.63, 3.8) is 0 Å². The first-order valence-electron chi connectivity index (χ1n) is 16.3. The molecule has 0 fully saturated rings. The number of thiazole rings is 1. The second-order valence-corrected chi connectivity index (χ2v) is 19.5. The molecule has 240 valence electrons. The zero-order valence-corrected chi connectivity index (χ0v) is 30.0. The Morgan fingerprint density at radius 1 is 0.431 bits per heavy atom. The Hall–Kier alpha value is -6.61. The maximum Gasteiger partial charge on any atom is 0.124 e. The highest BCUT2D eigenvalue weighted by Crippen LogP contribution is 2.37. The first-order valence-corrected chi connectivity index (χ1v) is 20.7. The van der Waals surface area contributed by atoms with Gasteiger partial charge in [-0.05, 0) is 99.1 Å². The van der Waals surface area contributed by atoms with Crippen LogP contribution in [0.3, 0.4) is 0 Å². The van der Waals surface area contributed by atoms with Crippen LogP contribution in [-0.4, -0.2) is 13.1 Å². The zero-order chi connectivity index (χ0) is 35.7. The van der Waals surface area contributed by atoms with Crippen LogP contribution in [0, 0.1) is 45.3 Å². The summed E-state index contributed by atoms with van der Waals surface area (Å²) < 4.78 is 1.18. The molecule has 0 aliphatic rings. The summed E-state index contributed by atoms with van der Waals surface area (Å²) in [5, 5.41) is 40.1. The van der Waals surface area contributed by atoms with Crippen LogP contribution in [0.15, 0.2) is 121 Å². The summed E-state index contributed by atoms with van der Waals surface area (Å²) in [7, 11) is -1.49. The van der Waals surface area contributed by atoms with E-state index in [0.717, 1.165) is 60.6 Å². The Morgan fingerprint density at radius 2 is 0.843 bits per heavy atom. The van der Waals surface area contributed by atoms with E-state index in [1.54, 1.807) is 35.6 Å². The van der Waals surface area contributed by atoms with Gasteiger partial charge in [0.25, 0.3) is 0 Å². The normalized spacial score (nSPS) is 11.0. The van der Waals surface area contributed by atoms with E-state index in [-0.39, 0.29) is 0 Å². The number of hydrogen-bond donors (Lipinski definition) is 0. The molecule has 7 rings (SSSR count). The first kappa shape index (κ1) is 32.9. The number of nitriles is 4. The quantitative estimate of drug-likeness (QED) is 0.162. The van der Waals surface area contributed by atoms with E-state index in [2.05, 4.69) is 105 Å². The average Bonchev–Trinajstić information content (AvgIpc) is 3.61. The smallest absolute Gasteiger partial charge is 0.124 e. The molecule has 0 saturated carbocycles. The molecular weight excluding hydrogens is 659 g/mol. The third kappa shape index (κ3) is 6.57. The Bertz CT molecular complexity index is 2520. The molecule has 7 aromatic rings. The summed E-state index contributed by atoms with van der Waals surface area (Å²) in [5.74, 6) is 0. The lowest BCUT2D eigenvalue weighted by molar-refractivity contribution is 1.43. The molecule has 1 heterocycles. The van der Waals surface area contributed by atoms with Crippen LogP contribution >= 0.6 is 11.3 Å². The van der Waals surface area contributed by atoms with E-state index in [1.807, 2.05) is 36.4 Å². The lowest BCUT2D eigenvalue weighted by atomic mass is 9.93. The van der Waals surface area contributed by atoms with Gasteiger partial charge in [-0.25, -0.2) is 4.98 Å². The van der Waals surface area contributed by atoms with Gasteiger partial charge in [0, 0.05) is 5.56 Å². The van der Waals surface area contributed by atoms with Crippen molar-refractivity contribution in [1.82, 2.24) is 4.98 Å². The minimum atomic E-state index is -1.49. The molecule has 0 bridgehead atoms. The third-order valence-electron chi connectivity index (χ3n) is 9.06. The molecule has 0 saturated heterocycles. The van der Waals surface area contributed by atoms with Crippen LogP contribution in [0.4, 0.5) is 0 Å². The molecule has 0 aliphatic heterocycles. The highest BCUT2D eigenvalue weighted by molar-refractivity contribution is 7.21. The average molecular weight is 688 g/mol. The van der Waals surface area contributed by atoms with Gasteiger partial charge < -0.3 is 0 Å². The minimum absolute atomic E-state index is 0.361. The number of aromatic nitrogens is 1. The Morgan fingerprint density at radius 3 is 1.27 bits per heavy atom. The highest BCUT2D eigenvalue weighted by atomic mass is 32.1. The summed E-state index contributed by atoms with van der Waals surface area (Å²) in [4.78, 5) is 5.08. The molecule has 7 heteroatoms. The fraction of sp³-hybridized carbons (Fsp3) is 0.0682. The number of fused-ring (bicyclic) bond motifs is 1. The Balaban J connectivity index is 1.31. The maximum absolute atomic E-state index is 9.54. The maximum atomic E-state index is 9.54. The predicted octanol–water partition coefficient (Wildman–Crippen LogP) is 10.7. The van der Waals surface area contributed by atoms with E-state index < -0.39 is 8.07 Å². The zero-order valence-electron chi connectivity index (χ0n) is 28.2. The fourth-order valence-electron chi connectivity index (χ4n) is 6.14. The second kappa shape index (κ2) is 13.4. The van der Waals surface area contributed by atoms with Gasteiger partial charge in [-0.2, -0.15) is 21.0 Å². The van der Waals surface area contributed by atoms with Gasteiger partial charge >= 0.3 is 0 Å². The molecule has 0 N–H and O–H groups in total. The molecular formula is C44H29N5SSi. The van der Waals surface area contributed by atoms with E-state index in [4.69, 9.17) is 4.98 Å². The second-order valence-electron chi connectivity index (χ2n) is 13.4. The van der Waals surface area contributed by atoms with Crippen LogP contribution in [0.1, 0.15) is 22.3 Å². The van der Waals surface area contributed by atoms with Gasteiger partial charge in [0.1, 0.15) is 29.3 Å². The van der Waals surface area contributed by atoms with Gasteiger partial charge in [0.15, 0.2) is 0 Å². The summed E-state index contributed by atoms with van der Waals surface area (Å²) in [6.45, 7) is 7.07. The SMILES string of the molecule is C[Si](C)(C)c1ccc2nc(-c3cc(-c4ccc(-c5ccc(C#N)c(C#N)c5)cc4)cc(-c4ccc(-c5ccc(C#N)c(C#N)c5)cc4)c3)sc2c1. The van der Waals surface area contributed by atoms with Gasteiger partial charge in [-0.15, -0.1) is 11.3 Å². The van der Waals surface area contributed by atoms with E-state index in [1.165, 1.54) is 9.89 Å². The summed E-state index contributed by atoms with van der Waals surface area (Å²) in [6, 6.07) is 48.8. The fourth-order valence-corrected chi connectivity index (χ4v) is 8.39. The molecule has 6 aromatic carbocycles. The topological polar surface area (TPSA) is 108 Å². The van der Waals surface area contributed by atoms with Crippen LogP contribution in [0.2, 0.25) is 19.6 Å². The van der Waals surface area contributed by atoms with Gasteiger partial charge in [-0.3, -0.25) is 0 Å². The molecule has 1 aromatic heterocycles. The largest absolute Gasteiger partial charge is 0.236 e.